The van der Waals surface area contributed by atoms with E-state index in [4.69, 9.17) is 5.73 Å². The summed E-state index contributed by atoms with van der Waals surface area (Å²) >= 11 is 0. The van der Waals surface area contributed by atoms with Crippen molar-refractivity contribution in [3.8, 4) is 0 Å². The van der Waals surface area contributed by atoms with Crippen molar-refractivity contribution in [1.29, 1.82) is 0 Å². The quantitative estimate of drug-likeness (QED) is 0.555. The molecule has 0 saturated heterocycles. The van der Waals surface area contributed by atoms with Gasteiger partial charge in [-0.2, -0.15) is 0 Å². The first-order valence-electron chi connectivity index (χ1n) is 4.25. The Morgan fingerprint density at radius 1 is 1.60 bits per heavy atom. The van der Waals surface area contributed by atoms with Gasteiger partial charge in [0.2, 0.25) is 0 Å². The van der Waals surface area contributed by atoms with Crippen LogP contribution in [0.5, 0.6) is 0 Å². The van der Waals surface area contributed by atoms with E-state index in [1.807, 2.05) is 0 Å². The van der Waals surface area contributed by atoms with Gasteiger partial charge in [0.15, 0.2) is 0 Å². The van der Waals surface area contributed by atoms with Gasteiger partial charge in [-0.1, -0.05) is 0 Å². The molecule has 0 aromatic rings. The molecule has 1 saturated carbocycles. The molecule has 2 heteroatoms. The summed E-state index contributed by atoms with van der Waals surface area (Å²) in [6, 6.07) is 0.353. The fourth-order valence-electron chi connectivity index (χ4n) is 0.958. The summed E-state index contributed by atoms with van der Waals surface area (Å²) in [5.41, 5.74) is 5.58. The summed E-state index contributed by atoms with van der Waals surface area (Å²) in [6.07, 6.45) is 3.98. The van der Waals surface area contributed by atoms with Crippen LogP contribution in [0.25, 0.3) is 0 Å². The van der Waals surface area contributed by atoms with Gasteiger partial charge in [0.1, 0.15) is 0 Å². The molecule has 2 nitrogen and oxygen atoms in total. The van der Waals surface area contributed by atoms with Gasteiger partial charge in [-0.15, -0.1) is 0 Å². The monoisotopic (exact) mass is 142 g/mol. The maximum absolute atomic E-state index is 5.58. The Hall–Kier alpha value is -0.0800. The van der Waals surface area contributed by atoms with Crippen molar-refractivity contribution >= 4 is 0 Å². The van der Waals surface area contributed by atoms with Crippen LogP contribution in [0.3, 0.4) is 0 Å². The van der Waals surface area contributed by atoms with E-state index in [1.54, 1.807) is 0 Å². The van der Waals surface area contributed by atoms with Crippen LogP contribution in [0.2, 0.25) is 0 Å². The molecule has 1 aliphatic rings. The lowest BCUT2D eigenvalue weighted by atomic mass is 10.2. The van der Waals surface area contributed by atoms with Crippen LogP contribution < -0.4 is 11.1 Å². The number of hydrogen-bond acceptors (Lipinski definition) is 2. The third-order valence-corrected chi connectivity index (χ3v) is 1.91. The summed E-state index contributed by atoms with van der Waals surface area (Å²) in [5.74, 6) is 0.994. The molecule has 1 fully saturated rings. The second kappa shape index (κ2) is 3.94. The van der Waals surface area contributed by atoms with Crippen LogP contribution in [-0.2, 0) is 0 Å². The van der Waals surface area contributed by atoms with Crippen LogP contribution in [-0.4, -0.2) is 19.1 Å². The van der Waals surface area contributed by atoms with E-state index < -0.39 is 0 Å². The van der Waals surface area contributed by atoms with E-state index >= 15 is 0 Å². The van der Waals surface area contributed by atoms with Crippen LogP contribution >= 0.6 is 0 Å². The zero-order valence-electron chi connectivity index (χ0n) is 6.77. The maximum atomic E-state index is 5.58. The molecule has 3 N–H and O–H groups in total. The van der Waals surface area contributed by atoms with Gasteiger partial charge in [0.25, 0.3) is 0 Å². The van der Waals surface area contributed by atoms with Crippen LogP contribution in [0, 0.1) is 5.92 Å². The van der Waals surface area contributed by atoms with Crippen LogP contribution in [0.1, 0.15) is 26.2 Å². The third-order valence-electron chi connectivity index (χ3n) is 1.91. The SMILES string of the molecule is C[C@H](N)CCNCC1CC1. The molecule has 10 heavy (non-hydrogen) atoms. The second-order valence-corrected chi connectivity index (χ2v) is 3.41. The third kappa shape index (κ3) is 3.85. The molecule has 0 aliphatic heterocycles. The van der Waals surface area contributed by atoms with Crippen molar-refractivity contribution in [3.63, 3.8) is 0 Å². The largest absolute Gasteiger partial charge is 0.328 e. The number of nitrogens with one attached hydrogen (secondary N) is 1. The van der Waals surface area contributed by atoms with Crippen LogP contribution in [0.4, 0.5) is 0 Å². The molecule has 0 aromatic heterocycles. The van der Waals surface area contributed by atoms with Gasteiger partial charge in [0.05, 0.1) is 0 Å². The molecule has 0 heterocycles. The maximum Gasteiger partial charge on any atom is 0.00225 e. The van der Waals surface area contributed by atoms with Crippen molar-refractivity contribution in [2.75, 3.05) is 13.1 Å². The fraction of sp³-hybridized carbons (Fsp3) is 1.00. The summed E-state index contributed by atoms with van der Waals surface area (Å²) < 4.78 is 0. The molecule has 0 bridgehead atoms. The summed E-state index contributed by atoms with van der Waals surface area (Å²) in [7, 11) is 0. The zero-order valence-corrected chi connectivity index (χ0v) is 6.77. The first-order valence-corrected chi connectivity index (χ1v) is 4.25. The van der Waals surface area contributed by atoms with E-state index in [9.17, 15) is 0 Å². The van der Waals surface area contributed by atoms with Gasteiger partial charge in [-0.25, -0.2) is 0 Å². The lowest BCUT2D eigenvalue weighted by molar-refractivity contribution is 0.570. The number of rotatable bonds is 5. The lowest BCUT2D eigenvalue weighted by Gasteiger charge is -2.05. The Bertz CT molecular complexity index is 83.3. The predicted molar refractivity (Wildman–Crippen MR) is 43.9 cm³/mol. The first-order chi connectivity index (χ1) is 4.79. The van der Waals surface area contributed by atoms with Gasteiger partial charge in [0, 0.05) is 6.04 Å². The molecule has 1 atom stereocenters. The Balaban J connectivity index is 1.76. The topological polar surface area (TPSA) is 38.0 Å². The molecule has 0 aromatic carbocycles. The van der Waals surface area contributed by atoms with E-state index in [2.05, 4.69) is 12.2 Å². The second-order valence-electron chi connectivity index (χ2n) is 3.41. The highest BCUT2D eigenvalue weighted by Gasteiger charge is 2.19. The molecule has 1 rings (SSSR count). The van der Waals surface area contributed by atoms with E-state index in [1.165, 1.54) is 19.4 Å². The zero-order chi connectivity index (χ0) is 7.40. The number of hydrogen-bond donors (Lipinski definition) is 2. The molecule has 0 spiro atoms. The summed E-state index contributed by atoms with van der Waals surface area (Å²) in [5, 5.41) is 3.40. The highest BCUT2D eigenvalue weighted by molar-refractivity contribution is 4.75. The molecule has 60 valence electrons. The summed E-state index contributed by atoms with van der Waals surface area (Å²) in [6.45, 7) is 4.36. The molecule has 1 aliphatic carbocycles. The minimum atomic E-state index is 0.353. The Kier molecular flexibility index (Phi) is 3.16. The van der Waals surface area contributed by atoms with Gasteiger partial charge in [-0.3, -0.25) is 0 Å². The van der Waals surface area contributed by atoms with Gasteiger partial charge >= 0.3 is 0 Å². The molecular weight excluding hydrogens is 124 g/mol. The van der Waals surface area contributed by atoms with E-state index in [0.717, 1.165) is 18.9 Å². The smallest absolute Gasteiger partial charge is 0.00225 e. The van der Waals surface area contributed by atoms with Gasteiger partial charge < -0.3 is 11.1 Å². The predicted octanol–water partition coefficient (Wildman–Crippen LogP) is 0.723. The van der Waals surface area contributed by atoms with Crippen LogP contribution in [0.15, 0.2) is 0 Å². The number of nitrogens with two attached hydrogens (primary N) is 1. The summed E-state index contributed by atoms with van der Waals surface area (Å²) in [4.78, 5) is 0. The van der Waals surface area contributed by atoms with Crippen molar-refractivity contribution in [1.82, 2.24) is 5.32 Å². The Morgan fingerprint density at radius 2 is 2.30 bits per heavy atom. The first kappa shape index (κ1) is 8.02. The average Bonchev–Trinajstić information content (AvgIpc) is 2.62. The average molecular weight is 142 g/mol. The molecule has 0 unspecified atom stereocenters. The Labute approximate surface area is 63.2 Å². The fourth-order valence-corrected chi connectivity index (χ4v) is 0.958. The van der Waals surface area contributed by atoms with Crippen molar-refractivity contribution in [2.24, 2.45) is 11.7 Å². The standard InChI is InChI=1S/C8H18N2/c1-7(9)4-5-10-6-8-2-3-8/h7-8,10H,2-6,9H2,1H3/t7-/m0/s1. The molecule has 0 amide bonds. The normalized spacial score (nSPS) is 21.0. The highest BCUT2D eigenvalue weighted by atomic mass is 14.9. The van der Waals surface area contributed by atoms with E-state index in [-0.39, 0.29) is 0 Å². The molecular formula is C8H18N2. The molecule has 0 radical (unpaired) electrons. The lowest BCUT2D eigenvalue weighted by Crippen LogP contribution is -2.25. The van der Waals surface area contributed by atoms with Crippen molar-refractivity contribution in [3.05, 3.63) is 0 Å². The van der Waals surface area contributed by atoms with E-state index in [0.29, 0.717) is 6.04 Å². The van der Waals surface area contributed by atoms with Crippen molar-refractivity contribution < 1.29 is 0 Å². The Morgan fingerprint density at radius 3 is 2.80 bits per heavy atom. The van der Waals surface area contributed by atoms with Gasteiger partial charge in [-0.05, 0) is 45.2 Å². The van der Waals surface area contributed by atoms with Crippen molar-refractivity contribution in [2.45, 2.75) is 32.2 Å². The minimum absolute atomic E-state index is 0.353. The highest BCUT2D eigenvalue weighted by Crippen LogP contribution is 2.27. The minimum Gasteiger partial charge on any atom is -0.328 e.